The van der Waals surface area contributed by atoms with Crippen LogP contribution in [-0.4, -0.2) is 31.6 Å². The van der Waals surface area contributed by atoms with E-state index < -0.39 is 20.2 Å². The van der Waals surface area contributed by atoms with Crippen molar-refractivity contribution in [3.05, 3.63) is 35.9 Å². The van der Waals surface area contributed by atoms with Crippen molar-refractivity contribution >= 4 is 14.3 Å². The van der Waals surface area contributed by atoms with Crippen molar-refractivity contribution in [1.29, 1.82) is 0 Å². The summed E-state index contributed by atoms with van der Waals surface area (Å²) in [6.45, 7) is 16.2. The van der Waals surface area contributed by atoms with E-state index in [0.717, 1.165) is 44.1 Å². The molecule has 0 radical (unpaired) electrons. The highest BCUT2D eigenvalue weighted by Crippen LogP contribution is 2.39. The first-order valence-electron chi connectivity index (χ1n) is 16.6. The fourth-order valence-electron chi connectivity index (χ4n) is 5.11. The summed E-state index contributed by atoms with van der Waals surface area (Å²) in [5, 5.41) is 10.4. The van der Waals surface area contributed by atoms with Crippen molar-refractivity contribution < 1.29 is 19.1 Å². The molecular weight excluding hydrogens is 512 g/mol. The summed E-state index contributed by atoms with van der Waals surface area (Å²) in [4.78, 5) is 12.6. The molecule has 0 saturated heterocycles. The van der Waals surface area contributed by atoms with E-state index in [0.29, 0.717) is 19.4 Å². The molecule has 0 heterocycles. The summed E-state index contributed by atoms with van der Waals surface area (Å²) in [7, 11) is -2.17. The molecule has 0 bridgehead atoms. The van der Waals surface area contributed by atoms with E-state index >= 15 is 0 Å². The topological polar surface area (TPSA) is 55.8 Å². The maximum absolute atomic E-state index is 12.6. The Morgan fingerprint density at radius 3 is 1.82 bits per heavy atom. The SMILES string of the molecule is CCCCCCCCCCCC(CC(O[Si](C)(C)C(C)(C)C)C(CCCCCC)C(=O)O)OCc1ccccc1. The molecule has 232 valence electrons. The number of hydrogen-bond acceptors (Lipinski definition) is 3. The molecule has 1 rings (SSSR count). The second-order valence-electron chi connectivity index (χ2n) is 13.5. The second kappa shape index (κ2) is 20.7. The number of benzene rings is 1. The maximum atomic E-state index is 12.6. The van der Waals surface area contributed by atoms with Gasteiger partial charge in [0, 0.05) is 0 Å². The third kappa shape index (κ3) is 15.7. The minimum absolute atomic E-state index is 0.00276. The van der Waals surface area contributed by atoms with Crippen molar-refractivity contribution in [3.63, 3.8) is 0 Å². The highest BCUT2D eigenvalue weighted by Gasteiger charge is 2.42. The zero-order valence-electron chi connectivity index (χ0n) is 27.3. The highest BCUT2D eigenvalue weighted by atomic mass is 28.4. The molecule has 3 unspecified atom stereocenters. The Labute approximate surface area is 249 Å². The zero-order chi connectivity index (χ0) is 29.9. The lowest BCUT2D eigenvalue weighted by atomic mass is 9.90. The monoisotopic (exact) mass is 576 g/mol. The standard InChI is InChI=1S/C35H64O4Si/c1-8-10-12-14-15-16-17-18-22-26-31(38-29-30-24-20-19-21-25-30)28-33(39-40(6,7)35(3,4)5)32(34(36)37)27-23-13-11-9-2/h19-21,24-25,31-33H,8-18,22-23,26-29H2,1-7H3,(H,36,37). The van der Waals surface area contributed by atoms with E-state index in [1.807, 2.05) is 18.2 Å². The van der Waals surface area contributed by atoms with Crippen molar-refractivity contribution in [3.8, 4) is 0 Å². The van der Waals surface area contributed by atoms with Gasteiger partial charge >= 0.3 is 5.97 Å². The Balaban J connectivity index is 2.96. The average molecular weight is 577 g/mol. The molecule has 1 aromatic carbocycles. The number of carbonyl (C=O) groups is 1. The number of aliphatic carboxylic acids is 1. The van der Waals surface area contributed by atoms with Gasteiger partial charge in [0.15, 0.2) is 8.32 Å². The van der Waals surface area contributed by atoms with Gasteiger partial charge in [0.1, 0.15) is 0 Å². The van der Waals surface area contributed by atoms with Crippen LogP contribution in [0.4, 0.5) is 0 Å². The van der Waals surface area contributed by atoms with Crippen LogP contribution in [0.1, 0.15) is 143 Å². The van der Waals surface area contributed by atoms with Gasteiger partial charge in [0.25, 0.3) is 0 Å². The molecule has 1 N–H and O–H groups in total. The Hall–Kier alpha value is -1.17. The molecular formula is C35H64O4Si. The first kappa shape index (κ1) is 36.9. The van der Waals surface area contributed by atoms with Crippen LogP contribution in [0.5, 0.6) is 0 Å². The largest absolute Gasteiger partial charge is 0.481 e. The lowest BCUT2D eigenvalue weighted by Gasteiger charge is -2.41. The maximum Gasteiger partial charge on any atom is 0.309 e. The van der Waals surface area contributed by atoms with Gasteiger partial charge in [-0.2, -0.15) is 0 Å². The Bertz CT molecular complexity index is 758. The molecule has 0 aliphatic carbocycles. The Morgan fingerprint density at radius 2 is 1.30 bits per heavy atom. The number of unbranched alkanes of at least 4 members (excludes halogenated alkanes) is 11. The van der Waals surface area contributed by atoms with Gasteiger partial charge in [-0.25, -0.2) is 0 Å². The Morgan fingerprint density at radius 1 is 0.800 bits per heavy atom. The number of hydrogen-bond donors (Lipinski definition) is 1. The summed E-state index contributed by atoms with van der Waals surface area (Å²) in [6, 6.07) is 10.3. The molecule has 0 aliphatic heterocycles. The molecule has 0 spiro atoms. The van der Waals surface area contributed by atoms with Crippen molar-refractivity contribution in [2.24, 2.45) is 5.92 Å². The lowest BCUT2D eigenvalue weighted by Crippen LogP contribution is -2.48. The summed E-state index contributed by atoms with van der Waals surface area (Å²) in [5.74, 6) is -1.21. The second-order valence-corrected chi connectivity index (χ2v) is 18.2. The molecule has 5 heteroatoms. The van der Waals surface area contributed by atoms with Crippen LogP contribution < -0.4 is 0 Å². The van der Waals surface area contributed by atoms with Crippen molar-refractivity contribution in [2.75, 3.05) is 0 Å². The molecule has 0 aliphatic rings. The predicted molar refractivity (Wildman–Crippen MR) is 173 cm³/mol. The lowest BCUT2D eigenvalue weighted by molar-refractivity contribution is -0.146. The van der Waals surface area contributed by atoms with Gasteiger partial charge in [-0.15, -0.1) is 0 Å². The number of carboxylic acid groups (broad SMARTS) is 1. The summed E-state index contributed by atoms with van der Waals surface area (Å²) in [6.07, 6.45) is 17.9. The molecule has 0 fully saturated rings. The predicted octanol–water partition coefficient (Wildman–Crippen LogP) is 10.9. The van der Waals surface area contributed by atoms with E-state index in [-0.39, 0.29) is 17.2 Å². The fourth-order valence-corrected chi connectivity index (χ4v) is 6.48. The van der Waals surface area contributed by atoms with E-state index in [2.05, 4.69) is 59.8 Å². The number of rotatable bonds is 24. The summed E-state index contributed by atoms with van der Waals surface area (Å²) >= 11 is 0. The van der Waals surface area contributed by atoms with Gasteiger partial charge in [0.05, 0.1) is 24.7 Å². The fraction of sp³-hybridized carbons (Fsp3) is 0.800. The Kier molecular flexibility index (Phi) is 19.0. The van der Waals surface area contributed by atoms with E-state index in [1.165, 1.54) is 51.4 Å². The van der Waals surface area contributed by atoms with Crippen LogP contribution >= 0.6 is 0 Å². The van der Waals surface area contributed by atoms with Crippen molar-refractivity contribution in [1.82, 2.24) is 0 Å². The van der Waals surface area contributed by atoms with E-state index in [1.54, 1.807) is 0 Å². The van der Waals surface area contributed by atoms with Gasteiger partial charge in [-0.05, 0) is 43.0 Å². The summed E-state index contributed by atoms with van der Waals surface area (Å²) in [5.41, 5.74) is 1.16. The van der Waals surface area contributed by atoms with Crippen LogP contribution in [0, 0.1) is 5.92 Å². The smallest absolute Gasteiger partial charge is 0.309 e. The van der Waals surface area contributed by atoms with Crippen LogP contribution in [0.25, 0.3) is 0 Å². The third-order valence-electron chi connectivity index (χ3n) is 8.84. The van der Waals surface area contributed by atoms with Gasteiger partial charge in [0.2, 0.25) is 0 Å². The average Bonchev–Trinajstić information content (AvgIpc) is 2.89. The van der Waals surface area contributed by atoms with Gasteiger partial charge < -0.3 is 14.3 Å². The van der Waals surface area contributed by atoms with E-state index in [4.69, 9.17) is 9.16 Å². The highest BCUT2D eigenvalue weighted by molar-refractivity contribution is 6.74. The molecule has 1 aromatic rings. The number of carboxylic acids is 1. The van der Waals surface area contributed by atoms with Gasteiger partial charge in [-0.3, -0.25) is 4.79 Å². The van der Waals surface area contributed by atoms with Crippen LogP contribution in [0.2, 0.25) is 18.1 Å². The quantitative estimate of drug-likeness (QED) is 0.0982. The molecule has 4 nitrogen and oxygen atoms in total. The minimum Gasteiger partial charge on any atom is -0.481 e. The normalized spacial score (nSPS) is 14.7. The van der Waals surface area contributed by atoms with E-state index in [9.17, 15) is 9.90 Å². The first-order valence-corrected chi connectivity index (χ1v) is 19.5. The van der Waals surface area contributed by atoms with Crippen LogP contribution in [0.15, 0.2) is 30.3 Å². The van der Waals surface area contributed by atoms with Crippen LogP contribution in [0.3, 0.4) is 0 Å². The molecule has 3 atom stereocenters. The molecule has 0 saturated carbocycles. The molecule has 0 amide bonds. The van der Waals surface area contributed by atoms with Gasteiger partial charge in [-0.1, -0.05) is 148 Å². The summed E-state index contributed by atoms with van der Waals surface area (Å²) < 4.78 is 13.5. The number of ether oxygens (including phenoxy) is 1. The molecule has 40 heavy (non-hydrogen) atoms. The zero-order valence-corrected chi connectivity index (χ0v) is 28.3. The van der Waals surface area contributed by atoms with Crippen LogP contribution in [-0.2, 0) is 20.6 Å². The minimum atomic E-state index is -2.17. The third-order valence-corrected chi connectivity index (χ3v) is 13.3. The van der Waals surface area contributed by atoms with Crippen molar-refractivity contribution in [2.45, 2.75) is 174 Å². The molecule has 0 aromatic heterocycles. The first-order chi connectivity index (χ1) is 19.0.